The van der Waals surface area contributed by atoms with Gasteiger partial charge in [-0.25, -0.2) is 0 Å². The largest absolute Gasteiger partial charge is 0.105 e. The zero-order valence-electron chi connectivity index (χ0n) is 9.43. The first-order valence-corrected chi connectivity index (χ1v) is 6.26. The van der Waals surface area contributed by atoms with E-state index in [2.05, 4.69) is 76.0 Å². The molecule has 0 radical (unpaired) electrons. The quantitative estimate of drug-likeness (QED) is 0.560. The van der Waals surface area contributed by atoms with E-state index in [1.165, 1.54) is 27.2 Å². The average molecular weight is 236 g/mol. The minimum absolute atomic E-state index is 1.25. The second-order valence-electron chi connectivity index (χ2n) is 4.12. The van der Waals surface area contributed by atoms with Crippen LogP contribution < -0.4 is 5.30 Å². The van der Waals surface area contributed by atoms with Gasteiger partial charge in [0, 0.05) is 0 Å². The first-order chi connectivity index (χ1) is 8.36. The Kier molecular flexibility index (Phi) is 2.66. The van der Waals surface area contributed by atoms with Gasteiger partial charge in [-0.15, -0.1) is 9.24 Å². The van der Waals surface area contributed by atoms with E-state index >= 15 is 0 Å². The molecular weight excluding hydrogens is 223 g/mol. The Balaban J connectivity index is 2.39. The smallest absolute Gasteiger partial charge is 0.00337 e. The van der Waals surface area contributed by atoms with E-state index in [1.807, 2.05) is 0 Å². The van der Waals surface area contributed by atoms with E-state index < -0.39 is 0 Å². The molecule has 0 bridgehead atoms. The third-order valence-corrected chi connectivity index (χ3v) is 3.50. The lowest BCUT2D eigenvalue weighted by molar-refractivity contribution is 1.67. The summed E-state index contributed by atoms with van der Waals surface area (Å²) in [5, 5.41) is 3.85. The Morgan fingerprint density at radius 3 is 2.18 bits per heavy atom. The predicted molar refractivity (Wildman–Crippen MR) is 78.7 cm³/mol. The maximum absolute atomic E-state index is 2.83. The molecule has 0 aliphatic heterocycles. The molecule has 0 aliphatic carbocycles. The molecule has 82 valence electrons. The maximum atomic E-state index is 2.83. The van der Waals surface area contributed by atoms with Crippen LogP contribution >= 0.6 is 9.24 Å². The fourth-order valence-electron chi connectivity index (χ4n) is 2.22. The van der Waals surface area contributed by atoms with Crippen LogP contribution in [0.3, 0.4) is 0 Å². The fourth-order valence-corrected chi connectivity index (χ4v) is 2.63. The van der Waals surface area contributed by atoms with Crippen molar-refractivity contribution in [3.8, 4) is 11.1 Å². The molecule has 3 aromatic carbocycles. The van der Waals surface area contributed by atoms with E-state index in [0.717, 1.165) is 0 Å². The molecule has 1 heteroatoms. The third kappa shape index (κ3) is 1.85. The van der Waals surface area contributed by atoms with Gasteiger partial charge in [0.25, 0.3) is 0 Å². The number of hydrogen-bond donors (Lipinski definition) is 0. The molecule has 0 saturated carbocycles. The lowest BCUT2D eigenvalue weighted by atomic mass is 9.98. The van der Waals surface area contributed by atoms with Gasteiger partial charge in [-0.2, -0.15) is 0 Å². The van der Waals surface area contributed by atoms with Crippen LogP contribution in [-0.4, -0.2) is 0 Å². The fraction of sp³-hybridized carbons (Fsp3) is 0. The summed E-state index contributed by atoms with van der Waals surface area (Å²) < 4.78 is 0. The van der Waals surface area contributed by atoms with Gasteiger partial charge in [0.2, 0.25) is 0 Å². The van der Waals surface area contributed by atoms with Crippen molar-refractivity contribution in [2.24, 2.45) is 0 Å². The molecule has 0 spiro atoms. The number of benzene rings is 3. The summed E-state index contributed by atoms with van der Waals surface area (Å²) in [5.41, 5.74) is 2.59. The predicted octanol–water partition coefficient (Wildman–Crippen LogP) is 4.01. The first-order valence-electron chi connectivity index (χ1n) is 5.69. The minimum atomic E-state index is 1.25. The zero-order chi connectivity index (χ0) is 11.7. The summed E-state index contributed by atoms with van der Waals surface area (Å²) >= 11 is 0. The highest BCUT2D eigenvalue weighted by atomic mass is 31.0. The van der Waals surface area contributed by atoms with Gasteiger partial charge in [-0.05, 0) is 27.2 Å². The number of rotatable bonds is 1. The van der Waals surface area contributed by atoms with Gasteiger partial charge in [-0.1, -0.05) is 66.7 Å². The molecule has 0 aliphatic rings. The van der Waals surface area contributed by atoms with Crippen molar-refractivity contribution >= 4 is 25.3 Å². The molecule has 0 saturated heterocycles. The van der Waals surface area contributed by atoms with Gasteiger partial charge in [0.05, 0.1) is 0 Å². The third-order valence-electron chi connectivity index (χ3n) is 3.02. The molecule has 0 heterocycles. The number of fused-ring (bicyclic) bond motifs is 1. The van der Waals surface area contributed by atoms with E-state index in [9.17, 15) is 0 Å². The Morgan fingerprint density at radius 2 is 1.35 bits per heavy atom. The van der Waals surface area contributed by atoms with E-state index in [4.69, 9.17) is 0 Å². The van der Waals surface area contributed by atoms with Gasteiger partial charge in [-0.3, -0.25) is 0 Å². The first kappa shape index (κ1) is 10.5. The van der Waals surface area contributed by atoms with Crippen LogP contribution in [0, 0.1) is 0 Å². The van der Waals surface area contributed by atoms with Crippen molar-refractivity contribution < 1.29 is 0 Å². The lowest BCUT2D eigenvalue weighted by Gasteiger charge is -2.10. The Bertz CT molecular complexity index is 657. The van der Waals surface area contributed by atoms with Crippen LogP contribution in [0.5, 0.6) is 0 Å². The Morgan fingerprint density at radius 1 is 0.647 bits per heavy atom. The molecule has 0 fully saturated rings. The molecule has 1 unspecified atom stereocenters. The zero-order valence-corrected chi connectivity index (χ0v) is 10.6. The molecule has 0 amide bonds. The summed E-state index contributed by atoms with van der Waals surface area (Å²) in [6.07, 6.45) is 0. The van der Waals surface area contributed by atoms with Crippen molar-refractivity contribution in [3.05, 3.63) is 66.7 Å². The molecule has 0 N–H and O–H groups in total. The van der Waals surface area contributed by atoms with Gasteiger partial charge in [0.15, 0.2) is 0 Å². The van der Waals surface area contributed by atoms with Crippen LogP contribution in [0.2, 0.25) is 0 Å². The Labute approximate surface area is 104 Å². The SMILES string of the molecule is Pc1ccc2ccccc2c1-c1ccccc1. The standard InChI is InChI=1S/C16H13P/c17-15-11-10-12-6-4-5-9-14(12)16(15)13-7-2-1-3-8-13/h1-11H,17H2. The van der Waals surface area contributed by atoms with E-state index in [-0.39, 0.29) is 0 Å². The normalized spacial score (nSPS) is 10.6. The summed E-state index contributed by atoms with van der Waals surface area (Å²) in [7, 11) is 2.83. The second kappa shape index (κ2) is 4.31. The van der Waals surface area contributed by atoms with E-state index in [1.54, 1.807) is 0 Å². The van der Waals surface area contributed by atoms with Crippen LogP contribution in [0.1, 0.15) is 0 Å². The van der Waals surface area contributed by atoms with Crippen LogP contribution in [0.15, 0.2) is 66.7 Å². The second-order valence-corrected chi connectivity index (χ2v) is 4.74. The van der Waals surface area contributed by atoms with Crippen LogP contribution in [0.4, 0.5) is 0 Å². The maximum Gasteiger partial charge on any atom is -0.00337 e. The highest BCUT2D eigenvalue weighted by molar-refractivity contribution is 7.28. The molecule has 1 atom stereocenters. The monoisotopic (exact) mass is 236 g/mol. The van der Waals surface area contributed by atoms with E-state index in [0.29, 0.717) is 0 Å². The summed E-state index contributed by atoms with van der Waals surface area (Å²) in [4.78, 5) is 0. The summed E-state index contributed by atoms with van der Waals surface area (Å²) in [5.74, 6) is 0. The van der Waals surface area contributed by atoms with Crippen LogP contribution in [-0.2, 0) is 0 Å². The lowest BCUT2D eigenvalue weighted by Crippen LogP contribution is -1.97. The van der Waals surface area contributed by atoms with Gasteiger partial charge < -0.3 is 0 Å². The van der Waals surface area contributed by atoms with Crippen molar-refractivity contribution in [2.45, 2.75) is 0 Å². The molecule has 3 aromatic rings. The highest BCUT2D eigenvalue weighted by Crippen LogP contribution is 2.28. The van der Waals surface area contributed by atoms with Crippen molar-refractivity contribution in [1.82, 2.24) is 0 Å². The Hall–Kier alpha value is -1.65. The topological polar surface area (TPSA) is 0 Å². The van der Waals surface area contributed by atoms with Crippen molar-refractivity contribution in [2.75, 3.05) is 0 Å². The summed E-state index contributed by atoms with van der Waals surface area (Å²) in [6.45, 7) is 0. The summed E-state index contributed by atoms with van der Waals surface area (Å²) in [6, 6.07) is 23.4. The molecule has 17 heavy (non-hydrogen) atoms. The number of hydrogen-bond acceptors (Lipinski definition) is 0. The van der Waals surface area contributed by atoms with Crippen molar-refractivity contribution in [1.29, 1.82) is 0 Å². The van der Waals surface area contributed by atoms with Gasteiger partial charge >= 0.3 is 0 Å². The van der Waals surface area contributed by atoms with Gasteiger partial charge in [0.1, 0.15) is 0 Å². The average Bonchev–Trinajstić information content (AvgIpc) is 2.39. The molecule has 0 aromatic heterocycles. The molecule has 0 nitrogen and oxygen atoms in total. The molecule has 3 rings (SSSR count). The van der Waals surface area contributed by atoms with Crippen molar-refractivity contribution in [3.63, 3.8) is 0 Å². The highest BCUT2D eigenvalue weighted by Gasteiger charge is 2.06. The minimum Gasteiger partial charge on any atom is -0.105 e. The van der Waals surface area contributed by atoms with Crippen LogP contribution in [0.25, 0.3) is 21.9 Å². The molecular formula is C16H13P.